The lowest BCUT2D eigenvalue weighted by molar-refractivity contribution is -0.470. The Kier molecular flexibility index (Phi) is 4.72. The Bertz CT molecular complexity index is 252. The number of aliphatic hydroxyl groups is 6. The quantitative estimate of drug-likeness (QED) is 0.129. The highest BCUT2D eigenvalue weighted by Crippen LogP contribution is 2.26. The molecule has 0 aliphatic heterocycles. The van der Waals surface area contributed by atoms with Crippen molar-refractivity contribution in [1.29, 1.82) is 0 Å². The smallest absolute Gasteiger partial charge is 0.373 e. The molecule has 3 unspecified atom stereocenters. The Morgan fingerprint density at radius 2 is 1.69 bits per heavy atom. The van der Waals surface area contributed by atoms with E-state index < -0.39 is 36.4 Å². The van der Waals surface area contributed by atoms with Crippen molar-refractivity contribution in [2.24, 2.45) is 0 Å². The monoisotopic (exact) mass is 244 g/mol. The summed E-state index contributed by atoms with van der Waals surface area (Å²) in [7, 11) is 0. The zero-order valence-electron chi connectivity index (χ0n) is 7.76. The number of carbonyl (C=O) groups is 1. The van der Waals surface area contributed by atoms with Gasteiger partial charge in [0.25, 0.3) is 5.79 Å². The van der Waals surface area contributed by atoms with E-state index in [-0.39, 0.29) is 0 Å². The van der Waals surface area contributed by atoms with Gasteiger partial charge in [-0.2, -0.15) is 4.89 Å². The molecule has 0 saturated carbocycles. The minimum Gasteiger partial charge on any atom is -0.477 e. The maximum atomic E-state index is 10.4. The van der Waals surface area contributed by atoms with Gasteiger partial charge in [-0.15, -0.1) is 0 Å². The number of rotatable bonds is 6. The maximum absolute atomic E-state index is 10.4. The topological polar surface area (TPSA) is 188 Å². The molecule has 16 heavy (non-hydrogen) atoms. The SMILES string of the molecule is O=C(O)C(O)(OO)C(O)(O)C(O)C(O)CO. The van der Waals surface area contributed by atoms with Crippen molar-refractivity contribution in [1.82, 2.24) is 0 Å². The van der Waals surface area contributed by atoms with Gasteiger partial charge >= 0.3 is 11.8 Å². The molecule has 0 aromatic carbocycles. The van der Waals surface area contributed by atoms with E-state index in [1.807, 2.05) is 0 Å². The minimum absolute atomic E-state index is 1.16. The molecular formula is C6H12O10. The lowest BCUT2D eigenvalue weighted by Crippen LogP contribution is -2.69. The van der Waals surface area contributed by atoms with Gasteiger partial charge < -0.3 is 35.7 Å². The summed E-state index contributed by atoms with van der Waals surface area (Å²) in [5.74, 6) is -10.4. The number of aliphatic carboxylic acids is 1. The number of hydrogen-bond acceptors (Lipinski definition) is 9. The van der Waals surface area contributed by atoms with Gasteiger partial charge in [-0.05, 0) is 0 Å². The van der Waals surface area contributed by atoms with Crippen LogP contribution in [-0.4, -0.2) is 77.4 Å². The number of hydrogen-bond donors (Lipinski definition) is 8. The standard InChI is InChI=1S/C6H12O10/c7-1-2(8)3(9)5(12,13)6(14,16-15)4(10)11/h2-3,7-9,12-15H,1H2,(H,10,11). The summed E-state index contributed by atoms with van der Waals surface area (Å²) in [6, 6.07) is 0. The van der Waals surface area contributed by atoms with Gasteiger partial charge in [-0.1, -0.05) is 0 Å². The molecule has 0 saturated heterocycles. The van der Waals surface area contributed by atoms with Crippen molar-refractivity contribution >= 4 is 5.97 Å². The largest absolute Gasteiger partial charge is 0.477 e. The highest BCUT2D eigenvalue weighted by molar-refractivity contribution is 5.76. The summed E-state index contributed by atoms with van der Waals surface area (Å²) in [6.07, 6.45) is -4.90. The van der Waals surface area contributed by atoms with Gasteiger partial charge in [0.2, 0.25) is 0 Å². The molecule has 0 aromatic heterocycles. The molecule has 0 spiro atoms. The molecule has 8 N–H and O–H groups in total. The van der Waals surface area contributed by atoms with Crippen molar-refractivity contribution in [3.63, 3.8) is 0 Å². The summed E-state index contributed by atoms with van der Waals surface area (Å²) in [5, 5.41) is 69.9. The zero-order valence-corrected chi connectivity index (χ0v) is 7.76. The van der Waals surface area contributed by atoms with Crippen molar-refractivity contribution < 1.29 is 50.7 Å². The van der Waals surface area contributed by atoms with E-state index in [9.17, 15) is 4.79 Å². The fourth-order valence-corrected chi connectivity index (χ4v) is 0.832. The Morgan fingerprint density at radius 3 is 1.94 bits per heavy atom. The van der Waals surface area contributed by atoms with E-state index in [2.05, 4.69) is 4.89 Å². The van der Waals surface area contributed by atoms with Crippen molar-refractivity contribution in [3.05, 3.63) is 0 Å². The van der Waals surface area contributed by atoms with Crippen LogP contribution in [0.15, 0.2) is 0 Å². The van der Waals surface area contributed by atoms with Gasteiger partial charge in [-0.25, -0.2) is 10.1 Å². The van der Waals surface area contributed by atoms with Crippen LogP contribution < -0.4 is 0 Å². The Hall–Kier alpha value is -0.850. The molecule has 10 nitrogen and oxygen atoms in total. The molecule has 0 amide bonds. The van der Waals surface area contributed by atoms with Crippen LogP contribution in [0.5, 0.6) is 0 Å². The van der Waals surface area contributed by atoms with Crippen LogP contribution in [0.2, 0.25) is 0 Å². The molecule has 0 aliphatic carbocycles. The fourth-order valence-electron chi connectivity index (χ4n) is 0.832. The van der Waals surface area contributed by atoms with Crippen molar-refractivity contribution in [2.45, 2.75) is 23.8 Å². The summed E-state index contributed by atoms with van der Waals surface area (Å²) in [6.45, 7) is -1.16. The fraction of sp³-hybridized carbons (Fsp3) is 0.833. The number of carboxylic acids is 1. The average Bonchev–Trinajstić information content (AvgIpc) is 2.24. The first-order valence-electron chi connectivity index (χ1n) is 3.85. The van der Waals surface area contributed by atoms with E-state index >= 15 is 0 Å². The second kappa shape index (κ2) is 4.99. The molecule has 0 aliphatic rings. The Balaban J connectivity index is 5.22. The van der Waals surface area contributed by atoms with E-state index in [0.717, 1.165) is 0 Å². The van der Waals surface area contributed by atoms with E-state index in [1.54, 1.807) is 0 Å². The number of aliphatic hydroxyl groups excluding tert-OH is 3. The minimum atomic E-state index is -4.00. The third-order valence-corrected chi connectivity index (χ3v) is 1.88. The highest BCUT2D eigenvalue weighted by atomic mass is 17.1. The first-order valence-corrected chi connectivity index (χ1v) is 3.85. The van der Waals surface area contributed by atoms with Gasteiger partial charge in [0.05, 0.1) is 6.61 Å². The van der Waals surface area contributed by atoms with E-state index in [0.29, 0.717) is 0 Å². The lowest BCUT2D eigenvalue weighted by atomic mass is 9.96. The second-order valence-electron chi connectivity index (χ2n) is 2.96. The Labute approximate surface area is 88.1 Å². The summed E-state index contributed by atoms with van der Waals surface area (Å²) in [5.41, 5.74) is 0. The first-order chi connectivity index (χ1) is 7.15. The van der Waals surface area contributed by atoms with Gasteiger partial charge in [0.1, 0.15) is 12.2 Å². The van der Waals surface area contributed by atoms with Crippen LogP contribution in [0.25, 0.3) is 0 Å². The summed E-state index contributed by atoms with van der Waals surface area (Å²) < 4.78 is 0. The second-order valence-corrected chi connectivity index (χ2v) is 2.96. The first kappa shape index (κ1) is 15.2. The molecule has 3 atom stereocenters. The maximum Gasteiger partial charge on any atom is 0.373 e. The van der Waals surface area contributed by atoms with Crippen LogP contribution in [-0.2, 0) is 9.68 Å². The molecule has 0 fully saturated rings. The lowest BCUT2D eigenvalue weighted by Gasteiger charge is -2.37. The molecule has 96 valence electrons. The van der Waals surface area contributed by atoms with Crippen LogP contribution in [0.4, 0.5) is 0 Å². The van der Waals surface area contributed by atoms with Gasteiger partial charge in [0.15, 0.2) is 0 Å². The molecule has 0 bridgehead atoms. The van der Waals surface area contributed by atoms with Crippen LogP contribution >= 0.6 is 0 Å². The molecule has 10 heteroatoms. The van der Waals surface area contributed by atoms with Gasteiger partial charge in [0, 0.05) is 0 Å². The molecule has 0 rings (SSSR count). The zero-order chi connectivity index (χ0) is 13.1. The Morgan fingerprint density at radius 1 is 1.25 bits per heavy atom. The summed E-state index contributed by atoms with van der Waals surface area (Å²) >= 11 is 0. The van der Waals surface area contributed by atoms with Crippen LogP contribution in [0, 0.1) is 0 Å². The average molecular weight is 244 g/mol. The highest BCUT2D eigenvalue weighted by Gasteiger charge is 2.63. The third-order valence-electron chi connectivity index (χ3n) is 1.88. The normalized spacial score (nSPS) is 19.9. The predicted molar refractivity (Wildman–Crippen MR) is 42.6 cm³/mol. The molecule has 0 heterocycles. The van der Waals surface area contributed by atoms with Crippen molar-refractivity contribution in [3.8, 4) is 0 Å². The van der Waals surface area contributed by atoms with Crippen LogP contribution in [0.3, 0.4) is 0 Å². The third kappa shape index (κ3) is 2.28. The van der Waals surface area contributed by atoms with E-state index in [4.69, 9.17) is 41.0 Å². The molecule has 0 aromatic rings. The van der Waals surface area contributed by atoms with Crippen molar-refractivity contribution in [2.75, 3.05) is 6.61 Å². The summed E-state index contributed by atoms with van der Waals surface area (Å²) in [4.78, 5) is 13.4. The van der Waals surface area contributed by atoms with Gasteiger partial charge in [-0.3, -0.25) is 0 Å². The van der Waals surface area contributed by atoms with Crippen LogP contribution in [0.1, 0.15) is 0 Å². The van der Waals surface area contributed by atoms with E-state index in [1.165, 1.54) is 0 Å². The molecular weight excluding hydrogens is 232 g/mol. The number of carboxylic acid groups (broad SMARTS) is 1. The molecule has 0 radical (unpaired) electrons. The predicted octanol–water partition coefficient (Wildman–Crippen LogP) is -4.36.